The van der Waals surface area contributed by atoms with E-state index in [9.17, 15) is 0 Å². The number of hydrogen-bond acceptors (Lipinski definition) is 3. The van der Waals surface area contributed by atoms with Gasteiger partial charge in [-0.05, 0) is 87.4 Å². The number of H-pyrrole nitrogens is 2. The maximum atomic E-state index is 4.61. The molecule has 0 aliphatic carbocycles. The van der Waals surface area contributed by atoms with E-state index in [4.69, 9.17) is 0 Å². The lowest BCUT2D eigenvalue weighted by Crippen LogP contribution is -2.34. The van der Waals surface area contributed by atoms with Crippen LogP contribution in [0.15, 0.2) is 36.5 Å². The predicted octanol–water partition coefficient (Wildman–Crippen LogP) is 6.38. The monoisotopic (exact) mass is 441 g/mol. The number of pyridine rings is 1. The fourth-order valence-electron chi connectivity index (χ4n) is 5.54. The first-order valence-electron chi connectivity index (χ1n) is 12.2. The highest BCUT2D eigenvalue weighted by molar-refractivity contribution is 5.92. The Labute approximate surface area is 196 Å². The Balaban J connectivity index is 1.48. The predicted molar refractivity (Wildman–Crippen MR) is 136 cm³/mol. The molecule has 1 atom stereocenters. The molecule has 5 rings (SSSR count). The highest BCUT2D eigenvalue weighted by Crippen LogP contribution is 2.38. The molecule has 4 aromatic rings. The van der Waals surface area contributed by atoms with Gasteiger partial charge in [-0.2, -0.15) is 0 Å². The zero-order valence-electron chi connectivity index (χ0n) is 20.5. The van der Waals surface area contributed by atoms with Gasteiger partial charge in [-0.15, -0.1) is 0 Å². The van der Waals surface area contributed by atoms with Crippen LogP contribution in [0.3, 0.4) is 0 Å². The van der Waals surface area contributed by atoms with Gasteiger partial charge in [0.1, 0.15) is 5.82 Å². The Morgan fingerprint density at radius 3 is 2.55 bits per heavy atom. The lowest BCUT2D eigenvalue weighted by atomic mass is 9.88. The lowest BCUT2D eigenvalue weighted by molar-refractivity contribution is 0.198. The molecule has 0 bridgehead atoms. The molecule has 1 aliphatic rings. The van der Waals surface area contributed by atoms with Gasteiger partial charge in [-0.25, -0.2) is 4.98 Å². The summed E-state index contributed by atoms with van der Waals surface area (Å²) in [5.41, 5.74) is 9.84. The van der Waals surface area contributed by atoms with Crippen molar-refractivity contribution in [3.8, 4) is 11.3 Å². The molecular weight excluding hydrogens is 406 g/mol. The lowest BCUT2D eigenvalue weighted by Gasteiger charge is -2.32. The van der Waals surface area contributed by atoms with Crippen molar-refractivity contribution in [3.05, 3.63) is 70.6 Å². The van der Waals surface area contributed by atoms with E-state index in [0.29, 0.717) is 11.8 Å². The molecule has 1 unspecified atom stereocenters. The molecule has 0 radical (unpaired) electrons. The molecule has 1 saturated heterocycles. The van der Waals surface area contributed by atoms with Crippen molar-refractivity contribution in [1.29, 1.82) is 0 Å². The minimum absolute atomic E-state index is 0.434. The summed E-state index contributed by atoms with van der Waals surface area (Å²) in [5, 5.41) is 1.37. The number of nitrogens with one attached hydrogen (secondary N) is 2. The van der Waals surface area contributed by atoms with E-state index in [0.717, 1.165) is 42.5 Å². The Kier molecular flexibility index (Phi) is 5.83. The summed E-state index contributed by atoms with van der Waals surface area (Å²) < 4.78 is 0. The number of hydrogen-bond donors (Lipinski definition) is 2. The first-order valence-corrected chi connectivity index (χ1v) is 12.2. The van der Waals surface area contributed by atoms with Gasteiger partial charge >= 0.3 is 0 Å². The molecule has 3 aromatic heterocycles. The molecule has 1 aromatic carbocycles. The van der Waals surface area contributed by atoms with Crippen LogP contribution in [0, 0.1) is 20.8 Å². The standard InChI is InChI=1S/C28H35N5/c1-17(2)27-25-13-21(22-7-6-10-33(15-22)16-24-14-29-20(5)31-24)8-9-26(25)32-28(27)23-11-18(3)30-19(4)12-23/h8-9,11-14,17,22,32H,6-7,10,15-16H2,1-5H3,(H,29,31). The average Bonchev–Trinajstić information content (AvgIpc) is 3.36. The quantitative estimate of drug-likeness (QED) is 0.378. The largest absolute Gasteiger partial charge is 0.354 e. The van der Waals surface area contributed by atoms with Crippen molar-refractivity contribution >= 4 is 10.9 Å². The van der Waals surface area contributed by atoms with Crippen LogP contribution in [0.25, 0.3) is 22.2 Å². The van der Waals surface area contributed by atoms with Gasteiger partial charge in [-0.1, -0.05) is 19.9 Å². The smallest absolute Gasteiger partial charge is 0.103 e. The first kappa shape index (κ1) is 21.9. The van der Waals surface area contributed by atoms with Crippen LogP contribution in [-0.2, 0) is 6.54 Å². The Morgan fingerprint density at radius 1 is 1.06 bits per heavy atom. The SMILES string of the molecule is Cc1cc(-c2[nH]c3ccc(C4CCCN(Cc5c[nH]c(C)n5)C4)cc3c2C(C)C)cc(C)n1. The van der Waals surface area contributed by atoms with Gasteiger partial charge in [0.05, 0.1) is 11.4 Å². The highest BCUT2D eigenvalue weighted by atomic mass is 15.1. The summed E-state index contributed by atoms with van der Waals surface area (Å²) in [6, 6.07) is 11.5. The van der Waals surface area contributed by atoms with Crippen molar-refractivity contribution in [1.82, 2.24) is 24.8 Å². The second-order valence-electron chi connectivity index (χ2n) is 10.1. The Hall–Kier alpha value is -2.92. The van der Waals surface area contributed by atoms with Crippen molar-refractivity contribution in [2.75, 3.05) is 13.1 Å². The maximum absolute atomic E-state index is 4.61. The number of piperidine rings is 1. The van der Waals surface area contributed by atoms with Crippen LogP contribution in [0.5, 0.6) is 0 Å². The number of imidazole rings is 1. The minimum Gasteiger partial charge on any atom is -0.354 e. The second-order valence-corrected chi connectivity index (χ2v) is 10.1. The number of nitrogens with zero attached hydrogens (tertiary/aromatic N) is 3. The fourth-order valence-corrected chi connectivity index (χ4v) is 5.54. The zero-order valence-corrected chi connectivity index (χ0v) is 20.5. The van der Waals surface area contributed by atoms with E-state index in [1.54, 1.807) is 0 Å². The highest BCUT2D eigenvalue weighted by Gasteiger charge is 2.24. The number of aromatic amines is 2. The molecule has 33 heavy (non-hydrogen) atoms. The van der Waals surface area contributed by atoms with E-state index >= 15 is 0 Å². The van der Waals surface area contributed by atoms with Crippen LogP contribution >= 0.6 is 0 Å². The van der Waals surface area contributed by atoms with Gasteiger partial charge in [0.2, 0.25) is 0 Å². The van der Waals surface area contributed by atoms with Crippen LogP contribution in [0.1, 0.15) is 72.6 Å². The van der Waals surface area contributed by atoms with E-state index in [1.807, 2.05) is 13.1 Å². The fraction of sp³-hybridized carbons (Fsp3) is 0.429. The number of aromatic nitrogens is 4. The molecule has 1 aliphatic heterocycles. The molecule has 0 amide bonds. The number of likely N-dealkylation sites (tertiary alicyclic amines) is 1. The Bertz CT molecular complexity index is 1260. The number of rotatable bonds is 5. The third-order valence-electron chi connectivity index (χ3n) is 6.93. The summed E-state index contributed by atoms with van der Waals surface area (Å²) in [6.07, 6.45) is 4.53. The van der Waals surface area contributed by atoms with E-state index < -0.39 is 0 Å². The molecule has 1 fully saturated rings. The van der Waals surface area contributed by atoms with Gasteiger partial charge in [0.25, 0.3) is 0 Å². The third-order valence-corrected chi connectivity index (χ3v) is 6.93. The van der Waals surface area contributed by atoms with Crippen LogP contribution in [-0.4, -0.2) is 37.9 Å². The van der Waals surface area contributed by atoms with Gasteiger partial charge in [0, 0.05) is 47.1 Å². The molecule has 5 nitrogen and oxygen atoms in total. The van der Waals surface area contributed by atoms with Gasteiger partial charge in [-0.3, -0.25) is 9.88 Å². The average molecular weight is 442 g/mol. The summed E-state index contributed by atoms with van der Waals surface area (Å²) in [5.74, 6) is 1.99. The maximum Gasteiger partial charge on any atom is 0.103 e. The van der Waals surface area contributed by atoms with Gasteiger partial charge < -0.3 is 9.97 Å². The van der Waals surface area contributed by atoms with Crippen molar-refractivity contribution in [3.63, 3.8) is 0 Å². The van der Waals surface area contributed by atoms with Crippen LogP contribution < -0.4 is 0 Å². The summed E-state index contributed by atoms with van der Waals surface area (Å²) in [4.78, 5) is 18.7. The second kappa shape index (κ2) is 8.79. The van der Waals surface area contributed by atoms with E-state index in [1.165, 1.54) is 46.1 Å². The number of aryl methyl sites for hydroxylation is 3. The van der Waals surface area contributed by atoms with Crippen LogP contribution in [0.4, 0.5) is 0 Å². The van der Waals surface area contributed by atoms with Crippen molar-refractivity contribution in [2.45, 2.75) is 65.8 Å². The molecular formula is C28H35N5. The minimum atomic E-state index is 0.434. The molecule has 0 saturated carbocycles. The number of benzene rings is 1. The molecule has 4 heterocycles. The van der Waals surface area contributed by atoms with Crippen LogP contribution in [0.2, 0.25) is 0 Å². The Morgan fingerprint density at radius 2 is 1.85 bits per heavy atom. The third kappa shape index (κ3) is 4.47. The molecule has 5 heteroatoms. The first-order chi connectivity index (χ1) is 15.9. The van der Waals surface area contributed by atoms with E-state index in [-0.39, 0.29) is 0 Å². The zero-order chi connectivity index (χ0) is 23.1. The number of fused-ring (bicyclic) bond motifs is 1. The molecule has 2 N–H and O–H groups in total. The normalized spacial score (nSPS) is 17.3. The molecule has 172 valence electrons. The van der Waals surface area contributed by atoms with Gasteiger partial charge in [0.15, 0.2) is 0 Å². The summed E-state index contributed by atoms with van der Waals surface area (Å²) in [6.45, 7) is 13.9. The topological polar surface area (TPSA) is 60.6 Å². The summed E-state index contributed by atoms with van der Waals surface area (Å²) in [7, 11) is 0. The summed E-state index contributed by atoms with van der Waals surface area (Å²) >= 11 is 0. The van der Waals surface area contributed by atoms with Crippen molar-refractivity contribution in [2.24, 2.45) is 0 Å². The van der Waals surface area contributed by atoms with E-state index in [2.05, 4.69) is 82.9 Å². The molecule has 0 spiro atoms. The van der Waals surface area contributed by atoms with Crippen molar-refractivity contribution < 1.29 is 0 Å².